The molecule has 294 valence electrons. The molecule has 2 aromatic heterocycles. The highest BCUT2D eigenvalue weighted by atomic mass is 15.1. The van der Waals surface area contributed by atoms with Gasteiger partial charge in [0.05, 0.1) is 22.8 Å². The van der Waals surface area contributed by atoms with E-state index in [0.29, 0.717) is 11.6 Å². The summed E-state index contributed by atoms with van der Waals surface area (Å²) in [6.07, 6.45) is 0. The van der Waals surface area contributed by atoms with Crippen LogP contribution in [0, 0.1) is 0 Å². The van der Waals surface area contributed by atoms with Crippen molar-refractivity contribution in [3.8, 4) is 56.7 Å². The van der Waals surface area contributed by atoms with Crippen molar-refractivity contribution in [3.63, 3.8) is 0 Å². The maximum absolute atomic E-state index is 5.21. The molecule has 0 aliphatic rings. The molecule has 0 unspecified atom stereocenters. The molecule has 0 N–H and O–H groups in total. The number of nitrogens with zero attached hydrogens (tertiary/aromatic N) is 6. The molecule has 0 saturated heterocycles. The molecular weight excluding hydrogens is 757 g/mol. The van der Waals surface area contributed by atoms with Gasteiger partial charge in [0.15, 0.2) is 11.6 Å². The van der Waals surface area contributed by atoms with Crippen LogP contribution in [0.3, 0.4) is 0 Å². The van der Waals surface area contributed by atoms with Gasteiger partial charge in [-0.3, -0.25) is 0 Å². The second-order valence-electron chi connectivity index (χ2n) is 14.8. The summed E-state index contributed by atoms with van der Waals surface area (Å²) in [5.74, 6) is 0.881. The minimum atomic E-state index is 0.440. The number of hydrogen-bond acceptors (Lipinski definition) is 6. The van der Waals surface area contributed by atoms with E-state index >= 15 is 0 Å². The summed E-state index contributed by atoms with van der Waals surface area (Å²) in [7, 11) is 0. The molecule has 6 nitrogen and oxygen atoms in total. The van der Waals surface area contributed by atoms with Crippen molar-refractivity contribution >= 4 is 34.1 Å². The zero-order chi connectivity index (χ0) is 41.5. The highest BCUT2D eigenvalue weighted by molar-refractivity contribution is 5.81. The summed E-state index contributed by atoms with van der Waals surface area (Å²) in [6.45, 7) is 0. The van der Waals surface area contributed by atoms with Crippen LogP contribution in [0.4, 0.5) is 34.1 Å². The Morgan fingerprint density at radius 3 is 0.677 bits per heavy atom. The van der Waals surface area contributed by atoms with Crippen molar-refractivity contribution in [1.82, 2.24) is 19.9 Å². The van der Waals surface area contributed by atoms with Crippen LogP contribution < -0.4 is 9.80 Å². The fourth-order valence-corrected chi connectivity index (χ4v) is 7.67. The maximum Gasteiger partial charge on any atom is 0.198 e. The van der Waals surface area contributed by atoms with Crippen LogP contribution in [0.1, 0.15) is 0 Å². The van der Waals surface area contributed by atoms with Gasteiger partial charge in [0.1, 0.15) is 0 Å². The molecule has 62 heavy (non-hydrogen) atoms. The highest BCUT2D eigenvalue weighted by Crippen LogP contribution is 2.38. The van der Waals surface area contributed by atoms with Gasteiger partial charge in [0.25, 0.3) is 0 Å². The summed E-state index contributed by atoms with van der Waals surface area (Å²) in [6, 6.07) is 83.2. The smallest absolute Gasteiger partial charge is 0.198 e. The summed E-state index contributed by atoms with van der Waals surface area (Å²) in [5.41, 5.74) is 13.3. The lowest BCUT2D eigenvalue weighted by Gasteiger charge is -2.25. The van der Waals surface area contributed by atoms with E-state index in [9.17, 15) is 0 Å². The van der Waals surface area contributed by atoms with Gasteiger partial charge in [-0.25, -0.2) is 19.9 Å². The van der Waals surface area contributed by atoms with Gasteiger partial charge in [-0.2, -0.15) is 0 Å². The Morgan fingerprint density at radius 1 is 0.210 bits per heavy atom. The van der Waals surface area contributed by atoms with Gasteiger partial charge in [-0.15, -0.1) is 0 Å². The molecule has 6 heteroatoms. The molecule has 0 aliphatic carbocycles. The lowest BCUT2D eigenvalue weighted by molar-refractivity contribution is 1.09. The Bertz CT molecular complexity index is 2730. The zero-order valence-electron chi connectivity index (χ0n) is 33.8. The van der Waals surface area contributed by atoms with Crippen LogP contribution in [0.5, 0.6) is 0 Å². The maximum atomic E-state index is 5.21. The second-order valence-corrected chi connectivity index (χ2v) is 14.8. The predicted molar refractivity (Wildman–Crippen MR) is 254 cm³/mol. The monoisotopic (exact) mass is 796 g/mol. The van der Waals surface area contributed by atoms with Crippen LogP contribution in [0.2, 0.25) is 0 Å². The first kappa shape index (κ1) is 37.8. The van der Waals surface area contributed by atoms with Crippen molar-refractivity contribution in [2.24, 2.45) is 0 Å². The van der Waals surface area contributed by atoms with Gasteiger partial charge in [-0.1, -0.05) is 158 Å². The van der Waals surface area contributed by atoms with Crippen LogP contribution in [-0.4, -0.2) is 19.9 Å². The Kier molecular flexibility index (Phi) is 10.6. The molecule has 0 atom stereocenters. The number of anilines is 6. The fraction of sp³-hybridized carbons (Fsp3) is 0. The molecule has 10 rings (SSSR count). The average Bonchev–Trinajstić information content (AvgIpc) is 3.36. The Labute approximate surface area is 361 Å². The van der Waals surface area contributed by atoms with E-state index in [-0.39, 0.29) is 0 Å². The third-order valence-electron chi connectivity index (χ3n) is 10.7. The molecule has 0 radical (unpaired) electrons. The van der Waals surface area contributed by atoms with Crippen LogP contribution in [0.25, 0.3) is 56.7 Å². The van der Waals surface area contributed by atoms with Gasteiger partial charge in [0.2, 0.25) is 0 Å². The normalized spacial score (nSPS) is 10.9. The van der Waals surface area contributed by atoms with Gasteiger partial charge in [0, 0.05) is 56.4 Å². The number of aromatic nitrogens is 4. The predicted octanol–water partition coefficient (Wildman–Crippen LogP) is 14.5. The van der Waals surface area contributed by atoms with Crippen molar-refractivity contribution in [2.45, 2.75) is 0 Å². The topological polar surface area (TPSA) is 58.0 Å². The standard InChI is InChI=1S/C56H40N6/c1-7-19-41(20-8-1)51-39-53(43-31-35-49(36-32-43)61(45-23-11-3-12-24-45)46-25-13-4-14-26-46)59-55(57-51)56-58-52(42-21-9-2-10-22-42)40-54(60-56)44-33-37-50(38-34-44)62(47-27-15-5-16-28-47)48-29-17-6-18-30-48/h1-40H. The van der Waals surface area contributed by atoms with Gasteiger partial charge >= 0.3 is 0 Å². The number of para-hydroxylation sites is 4. The molecular formula is C56H40N6. The van der Waals surface area contributed by atoms with Gasteiger partial charge in [-0.05, 0) is 84.9 Å². The SMILES string of the molecule is c1ccc(-c2cc(-c3ccc(N(c4ccccc4)c4ccccc4)cc3)nc(-c3nc(-c4ccccc4)cc(-c4ccc(N(c5ccccc5)c5ccccc5)cc4)n3)n2)cc1. The third kappa shape index (κ3) is 8.09. The van der Waals surface area contributed by atoms with Crippen LogP contribution in [0.15, 0.2) is 243 Å². The number of hydrogen-bond donors (Lipinski definition) is 0. The number of rotatable bonds is 11. The van der Waals surface area contributed by atoms with Crippen molar-refractivity contribution < 1.29 is 0 Å². The summed E-state index contributed by atoms with van der Waals surface area (Å²) in [5, 5.41) is 0. The minimum Gasteiger partial charge on any atom is -0.311 e. The molecule has 0 bridgehead atoms. The zero-order valence-corrected chi connectivity index (χ0v) is 33.8. The molecule has 10 aromatic rings. The van der Waals surface area contributed by atoms with Crippen molar-refractivity contribution in [3.05, 3.63) is 243 Å². The van der Waals surface area contributed by atoms with Crippen LogP contribution >= 0.6 is 0 Å². The molecule has 0 aliphatic heterocycles. The molecule has 0 saturated carbocycles. The molecule has 0 fully saturated rings. The Balaban J connectivity index is 1.07. The summed E-state index contributed by atoms with van der Waals surface area (Å²) in [4.78, 5) is 25.2. The Morgan fingerprint density at radius 2 is 0.419 bits per heavy atom. The van der Waals surface area contributed by atoms with E-state index in [1.165, 1.54) is 0 Å². The highest BCUT2D eigenvalue weighted by Gasteiger charge is 2.19. The molecule has 0 spiro atoms. The quantitative estimate of drug-likeness (QED) is 0.130. The first-order valence-electron chi connectivity index (χ1n) is 20.6. The largest absolute Gasteiger partial charge is 0.311 e. The Hall–Kier alpha value is -8.48. The lowest BCUT2D eigenvalue weighted by Crippen LogP contribution is -2.09. The van der Waals surface area contributed by atoms with E-state index in [0.717, 1.165) is 79.2 Å². The summed E-state index contributed by atoms with van der Waals surface area (Å²) >= 11 is 0. The first-order chi connectivity index (χ1) is 30.7. The first-order valence-corrected chi connectivity index (χ1v) is 20.6. The van der Waals surface area contributed by atoms with E-state index in [1.54, 1.807) is 0 Å². The summed E-state index contributed by atoms with van der Waals surface area (Å²) < 4.78 is 0. The van der Waals surface area contributed by atoms with E-state index in [4.69, 9.17) is 19.9 Å². The molecule has 8 aromatic carbocycles. The molecule has 2 heterocycles. The van der Waals surface area contributed by atoms with E-state index in [2.05, 4.69) is 180 Å². The third-order valence-corrected chi connectivity index (χ3v) is 10.7. The fourth-order valence-electron chi connectivity index (χ4n) is 7.67. The van der Waals surface area contributed by atoms with E-state index in [1.807, 2.05) is 72.8 Å². The lowest BCUT2D eigenvalue weighted by atomic mass is 10.1. The van der Waals surface area contributed by atoms with E-state index < -0.39 is 0 Å². The van der Waals surface area contributed by atoms with Crippen LogP contribution in [-0.2, 0) is 0 Å². The number of benzene rings is 8. The van der Waals surface area contributed by atoms with Gasteiger partial charge < -0.3 is 9.80 Å². The van der Waals surface area contributed by atoms with Crippen molar-refractivity contribution in [2.75, 3.05) is 9.80 Å². The van der Waals surface area contributed by atoms with Crippen molar-refractivity contribution in [1.29, 1.82) is 0 Å². The molecule has 0 amide bonds. The second kappa shape index (κ2) is 17.4. The average molecular weight is 797 g/mol. The minimum absolute atomic E-state index is 0.440.